The Labute approximate surface area is 129 Å². The summed E-state index contributed by atoms with van der Waals surface area (Å²) in [4.78, 5) is 0. The first-order chi connectivity index (χ1) is 9.67. The quantitative estimate of drug-likeness (QED) is 0.886. The van der Waals surface area contributed by atoms with Crippen molar-refractivity contribution in [2.24, 2.45) is 0 Å². The molecule has 0 radical (unpaired) electrons. The molecule has 2 saturated heterocycles. The van der Waals surface area contributed by atoms with Crippen LogP contribution in [0, 0.1) is 6.92 Å². The summed E-state index contributed by atoms with van der Waals surface area (Å²) in [7, 11) is 0. The van der Waals surface area contributed by atoms with Crippen molar-refractivity contribution < 1.29 is 9.47 Å². The lowest BCUT2D eigenvalue weighted by molar-refractivity contribution is -0.135. The van der Waals surface area contributed by atoms with Gasteiger partial charge in [-0.05, 0) is 66.2 Å². The third-order valence-electron chi connectivity index (χ3n) is 4.38. The Balaban J connectivity index is 1.69. The highest BCUT2D eigenvalue weighted by Gasteiger charge is 2.39. The second-order valence-corrected chi connectivity index (χ2v) is 6.82. The molecule has 0 saturated carbocycles. The summed E-state index contributed by atoms with van der Waals surface area (Å²) in [5, 5.41) is 3.69. The van der Waals surface area contributed by atoms with Gasteiger partial charge in [0.25, 0.3) is 0 Å². The van der Waals surface area contributed by atoms with Crippen molar-refractivity contribution >= 4 is 21.6 Å². The number of rotatable bonds is 2. The van der Waals surface area contributed by atoms with Crippen molar-refractivity contribution in [3.05, 3.63) is 28.2 Å². The Bertz CT molecular complexity index is 466. The molecule has 0 bridgehead atoms. The van der Waals surface area contributed by atoms with Crippen LogP contribution in [0.25, 0.3) is 0 Å². The summed E-state index contributed by atoms with van der Waals surface area (Å²) in [5.74, 6) is 0. The molecular formula is C16H22BrNO2. The Morgan fingerprint density at radius 2 is 2.05 bits per heavy atom. The molecule has 0 amide bonds. The molecule has 1 unspecified atom stereocenters. The van der Waals surface area contributed by atoms with Gasteiger partial charge >= 0.3 is 0 Å². The second-order valence-electron chi connectivity index (χ2n) is 5.96. The molecular weight excluding hydrogens is 318 g/mol. The van der Waals surface area contributed by atoms with Crippen LogP contribution < -0.4 is 5.32 Å². The number of anilines is 1. The molecule has 2 aliphatic rings. The molecule has 2 aliphatic heterocycles. The molecule has 110 valence electrons. The second kappa shape index (κ2) is 6.04. The van der Waals surface area contributed by atoms with E-state index in [9.17, 15) is 0 Å². The maximum atomic E-state index is 6.10. The smallest absolute Gasteiger partial charge is 0.0745 e. The zero-order valence-corrected chi connectivity index (χ0v) is 13.5. The van der Waals surface area contributed by atoms with E-state index in [1.165, 1.54) is 11.3 Å². The van der Waals surface area contributed by atoms with Gasteiger partial charge < -0.3 is 14.8 Å². The number of aryl methyl sites for hydroxylation is 1. The van der Waals surface area contributed by atoms with Crippen LogP contribution in [-0.4, -0.2) is 31.5 Å². The molecule has 3 rings (SSSR count). The first-order valence-corrected chi connectivity index (χ1v) is 8.21. The van der Waals surface area contributed by atoms with E-state index in [1.807, 2.05) is 0 Å². The van der Waals surface area contributed by atoms with Crippen LogP contribution >= 0.6 is 15.9 Å². The molecule has 1 aromatic rings. The summed E-state index contributed by atoms with van der Waals surface area (Å²) in [5.41, 5.74) is 2.52. The highest BCUT2D eigenvalue weighted by atomic mass is 79.9. The summed E-state index contributed by atoms with van der Waals surface area (Å²) < 4.78 is 12.7. The number of halogens is 1. The predicted molar refractivity (Wildman–Crippen MR) is 84.3 cm³/mol. The van der Waals surface area contributed by atoms with Gasteiger partial charge in [0.2, 0.25) is 0 Å². The molecule has 3 nitrogen and oxygen atoms in total. The summed E-state index contributed by atoms with van der Waals surface area (Å²) >= 11 is 3.63. The standard InChI is InChI=1S/C16H22BrNO2/c1-12-2-3-14(17)15(10-12)18-13-4-7-20-16(11-13)5-8-19-9-6-16/h2-3,10,13,18H,4-9,11H2,1H3. The number of nitrogens with one attached hydrogen (secondary N) is 1. The monoisotopic (exact) mass is 339 g/mol. The van der Waals surface area contributed by atoms with E-state index in [-0.39, 0.29) is 5.60 Å². The number of benzene rings is 1. The number of ether oxygens (including phenoxy) is 2. The van der Waals surface area contributed by atoms with Crippen LogP contribution in [0.4, 0.5) is 5.69 Å². The topological polar surface area (TPSA) is 30.5 Å². The molecule has 4 heteroatoms. The van der Waals surface area contributed by atoms with Crippen LogP contribution in [-0.2, 0) is 9.47 Å². The largest absolute Gasteiger partial charge is 0.381 e. The fourth-order valence-corrected chi connectivity index (χ4v) is 3.57. The highest BCUT2D eigenvalue weighted by molar-refractivity contribution is 9.10. The van der Waals surface area contributed by atoms with E-state index in [2.05, 4.69) is 46.4 Å². The normalized spacial score (nSPS) is 25.6. The molecule has 1 atom stereocenters. The van der Waals surface area contributed by atoms with E-state index in [0.717, 1.165) is 50.0 Å². The molecule has 0 aromatic heterocycles. The number of hydrogen-bond donors (Lipinski definition) is 1. The van der Waals surface area contributed by atoms with Gasteiger partial charge in [-0.1, -0.05) is 6.07 Å². The zero-order valence-electron chi connectivity index (χ0n) is 12.0. The average molecular weight is 340 g/mol. The van der Waals surface area contributed by atoms with Crippen LogP contribution in [0.2, 0.25) is 0 Å². The molecule has 2 heterocycles. The van der Waals surface area contributed by atoms with E-state index in [1.54, 1.807) is 0 Å². The number of hydrogen-bond acceptors (Lipinski definition) is 3. The van der Waals surface area contributed by atoms with Gasteiger partial charge in [-0.2, -0.15) is 0 Å². The molecule has 20 heavy (non-hydrogen) atoms. The minimum Gasteiger partial charge on any atom is -0.381 e. The van der Waals surface area contributed by atoms with E-state index < -0.39 is 0 Å². The molecule has 1 N–H and O–H groups in total. The highest BCUT2D eigenvalue weighted by Crippen LogP contribution is 2.36. The predicted octanol–water partition coefficient (Wildman–Crippen LogP) is 3.90. The molecule has 2 fully saturated rings. The van der Waals surface area contributed by atoms with E-state index >= 15 is 0 Å². The lowest BCUT2D eigenvalue weighted by Crippen LogP contribution is -2.47. The van der Waals surface area contributed by atoms with Crippen molar-refractivity contribution in [3.63, 3.8) is 0 Å². The lowest BCUT2D eigenvalue weighted by Gasteiger charge is -2.43. The average Bonchev–Trinajstić information content (AvgIpc) is 2.44. The van der Waals surface area contributed by atoms with Gasteiger partial charge in [-0.25, -0.2) is 0 Å². The fourth-order valence-electron chi connectivity index (χ4n) is 3.21. The molecule has 0 aliphatic carbocycles. The maximum absolute atomic E-state index is 6.10. The summed E-state index contributed by atoms with van der Waals surface area (Å²) in [6.07, 6.45) is 4.21. The van der Waals surface area contributed by atoms with Crippen LogP contribution in [0.5, 0.6) is 0 Å². The van der Waals surface area contributed by atoms with Gasteiger partial charge in [0.05, 0.1) is 5.60 Å². The van der Waals surface area contributed by atoms with Gasteiger partial charge in [-0.3, -0.25) is 0 Å². The van der Waals surface area contributed by atoms with Crippen molar-refractivity contribution in [1.29, 1.82) is 0 Å². The third kappa shape index (κ3) is 3.18. The Kier molecular flexibility index (Phi) is 4.34. The molecule has 1 spiro atoms. The van der Waals surface area contributed by atoms with Crippen LogP contribution in [0.3, 0.4) is 0 Å². The molecule has 1 aromatic carbocycles. The van der Waals surface area contributed by atoms with Gasteiger partial charge in [0.15, 0.2) is 0 Å². The fraction of sp³-hybridized carbons (Fsp3) is 0.625. The Hall–Kier alpha value is -0.580. The van der Waals surface area contributed by atoms with Crippen LogP contribution in [0.1, 0.15) is 31.2 Å². The summed E-state index contributed by atoms with van der Waals surface area (Å²) in [6, 6.07) is 6.93. The van der Waals surface area contributed by atoms with E-state index in [4.69, 9.17) is 9.47 Å². The zero-order chi connectivity index (χ0) is 14.0. The third-order valence-corrected chi connectivity index (χ3v) is 5.07. The Morgan fingerprint density at radius 3 is 2.85 bits per heavy atom. The van der Waals surface area contributed by atoms with Crippen molar-refractivity contribution in [1.82, 2.24) is 0 Å². The van der Waals surface area contributed by atoms with Gasteiger partial charge in [0.1, 0.15) is 0 Å². The SMILES string of the molecule is Cc1ccc(Br)c(NC2CCOC3(CCOCC3)C2)c1. The van der Waals surface area contributed by atoms with Crippen LogP contribution in [0.15, 0.2) is 22.7 Å². The van der Waals surface area contributed by atoms with Gasteiger partial charge in [0, 0.05) is 36.0 Å². The first-order valence-electron chi connectivity index (χ1n) is 7.41. The maximum Gasteiger partial charge on any atom is 0.0745 e. The minimum absolute atomic E-state index is 0.0461. The van der Waals surface area contributed by atoms with Gasteiger partial charge in [-0.15, -0.1) is 0 Å². The Morgan fingerprint density at radius 1 is 1.25 bits per heavy atom. The van der Waals surface area contributed by atoms with Crippen molar-refractivity contribution in [3.8, 4) is 0 Å². The van der Waals surface area contributed by atoms with Crippen molar-refractivity contribution in [2.75, 3.05) is 25.1 Å². The minimum atomic E-state index is 0.0461. The first kappa shape index (κ1) is 14.4. The van der Waals surface area contributed by atoms with E-state index in [0.29, 0.717) is 6.04 Å². The van der Waals surface area contributed by atoms with Crippen molar-refractivity contribution in [2.45, 2.75) is 44.2 Å². The lowest BCUT2D eigenvalue weighted by atomic mass is 9.84. The summed E-state index contributed by atoms with van der Waals surface area (Å²) in [6.45, 7) is 4.64.